The fourth-order valence-corrected chi connectivity index (χ4v) is 2.62. The molecular weight excluding hydrogens is 204 g/mol. The minimum absolute atomic E-state index is 0.570. The molecule has 1 unspecified atom stereocenters. The van der Waals surface area contributed by atoms with Crippen molar-refractivity contribution >= 4 is 11.6 Å². The highest BCUT2D eigenvalue weighted by Gasteiger charge is 2.14. The molecule has 0 saturated carbocycles. The van der Waals surface area contributed by atoms with Crippen molar-refractivity contribution in [1.29, 1.82) is 0 Å². The Bertz CT molecular complexity index is 327. The Hall–Kier alpha value is -0.490. The van der Waals surface area contributed by atoms with E-state index >= 15 is 0 Å². The van der Waals surface area contributed by atoms with E-state index in [9.17, 15) is 0 Å². The average molecular weight is 225 g/mol. The van der Waals surface area contributed by atoms with Gasteiger partial charge in [0, 0.05) is 5.88 Å². The van der Waals surface area contributed by atoms with Crippen molar-refractivity contribution in [1.82, 2.24) is 0 Å². The highest BCUT2D eigenvalue weighted by Crippen LogP contribution is 2.30. The molecule has 1 aromatic carbocycles. The van der Waals surface area contributed by atoms with E-state index in [0.717, 1.165) is 12.3 Å². The molecule has 0 aliphatic heterocycles. The van der Waals surface area contributed by atoms with Gasteiger partial charge in [0.2, 0.25) is 0 Å². The second kappa shape index (κ2) is 5.03. The first-order chi connectivity index (χ1) is 6.99. The van der Waals surface area contributed by atoms with Crippen LogP contribution in [0.5, 0.6) is 0 Å². The molecule has 1 atom stereocenters. The lowest BCUT2D eigenvalue weighted by molar-refractivity contribution is 0.724. The summed E-state index contributed by atoms with van der Waals surface area (Å²) in [7, 11) is 0. The molecule has 84 valence electrons. The van der Waals surface area contributed by atoms with Crippen molar-refractivity contribution in [3.8, 4) is 0 Å². The highest BCUT2D eigenvalue weighted by molar-refractivity contribution is 6.17. The van der Waals surface area contributed by atoms with Crippen molar-refractivity contribution < 1.29 is 0 Å². The number of alkyl halides is 1. The zero-order chi connectivity index (χ0) is 11.6. The van der Waals surface area contributed by atoms with Gasteiger partial charge in [-0.05, 0) is 67.9 Å². The third-order valence-corrected chi connectivity index (χ3v) is 3.68. The molecule has 0 radical (unpaired) electrons. The topological polar surface area (TPSA) is 0 Å². The van der Waals surface area contributed by atoms with Crippen LogP contribution in [0.2, 0.25) is 0 Å². The zero-order valence-electron chi connectivity index (χ0n) is 10.4. The average Bonchev–Trinajstić information content (AvgIpc) is 2.16. The second-order valence-electron chi connectivity index (χ2n) is 4.55. The van der Waals surface area contributed by atoms with E-state index in [1.165, 1.54) is 27.8 Å². The zero-order valence-corrected chi connectivity index (χ0v) is 11.2. The maximum Gasteiger partial charge on any atom is 0.0229 e. The minimum atomic E-state index is 0.570. The number of rotatable bonds is 3. The van der Waals surface area contributed by atoms with Gasteiger partial charge < -0.3 is 0 Å². The van der Waals surface area contributed by atoms with Gasteiger partial charge in [-0.1, -0.05) is 13.0 Å². The van der Waals surface area contributed by atoms with Crippen LogP contribution >= 0.6 is 11.6 Å². The van der Waals surface area contributed by atoms with Crippen LogP contribution in [0.25, 0.3) is 0 Å². The van der Waals surface area contributed by atoms with Crippen LogP contribution in [0.15, 0.2) is 6.07 Å². The molecule has 0 bridgehead atoms. The van der Waals surface area contributed by atoms with Crippen LogP contribution in [0.3, 0.4) is 0 Å². The third-order valence-electron chi connectivity index (χ3n) is 3.46. The molecule has 0 nitrogen and oxygen atoms in total. The van der Waals surface area contributed by atoms with Crippen molar-refractivity contribution in [2.75, 3.05) is 5.88 Å². The molecule has 1 rings (SSSR count). The Kier molecular flexibility index (Phi) is 4.21. The van der Waals surface area contributed by atoms with Crippen molar-refractivity contribution in [2.24, 2.45) is 0 Å². The van der Waals surface area contributed by atoms with Crippen LogP contribution in [0.1, 0.15) is 47.1 Å². The molecule has 0 N–H and O–H groups in total. The maximum atomic E-state index is 5.83. The predicted molar refractivity (Wildman–Crippen MR) is 69.1 cm³/mol. The molecule has 0 spiro atoms. The van der Waals surface area contributed by atoms with Crippen LogP contribution in [0.4, 0.5) is 0 Å². The minimum Gasteiger partial charge on any atom is -0.127 e. The summed E-state index contributed by atoms with van der Waals surface area (Å²) in [6.07, 6.45) is 1.06. The third kappa shape index (κ3) is 2.55. The summed E-state index contributed by atoms with van der Waals surface area (Å²) in [5.41, 5.74) is 7.18. The Morgan fingerprint density at radius 1 is 1.07 bits per heavy atom. The summed E-state index contributed by atoms with van der Waals surface area (Å²) in [4.78, 5) is 0. The Morgan fingerprint density at radius 2 is 1.53 bits per heavy atom. The van der Waals surface area contributed by atoms with Gasteiger partial charge in [-0.3, -0.25) is 0 Å². The summed E-state index contributed by atoms with van der Waals surface area (Å²) in [6, 6.07) is 2.28. The largest absolute Gasteiger partial charge is 0.127 e. The Labute approximate surface area is 98.7 Å². The second-order valence-corrected chi connectivity index (χ2v) is 4.93. The normalized spacial score (nSPS) is 12.9. The van der Waals surface area contributed by atoms with Gasteiger partial charge in [0.15, 0.2) is 0 Å². The predicted octanol–water partition coefficient (Wildman–Crippen LogP) is 4.65. The SMILES string of the molecule is Cc1cc(C)c(C)c(C(C)CCCl)c1C. The van der Waals surface area contributed by atoms with Crippen molar-refractivity contribution in [3.63, 3.8) is 0 Å². The summed E-state index contributed by atoms with van der Waals surface area (Å²) in [5.74, 6) is 1.31. The molecule has 0 fully saturated rings. The lowest BCUT2D eigenvalue weighted by Gasteiger charge is -2.20. The number of hydrogen-bond acceptors (Lipinski definition) is 0. The molecule has 0 aliphatic carbocycles. The first-order valence-electron chi connectivity index (χ1n) is 5.62. The van der Waals surface area contributed by atoms with Gasteiger partial charge in [-0.2, -0.15) is 0 Å². The Morgan fingerprint density at radius 3 is 1.93 bits per heavy atom. The Balaban J connectivity index is 3.26. The quantitative estimate of drug-likeness (QED) is 0.656. The van der Waals surface area contributed by atoms with Crippen LogP contribution in [-0.2, 0) is 0 Å². The van der Waals surface area contributed by atoms with E-state index in [4.69, 9.17) is 11.6 Å². The van der Waals surface area contributed by atoms with Gasteiger partial charge in [-0.15, -0.1) is 11.6 Å². The lowest BCUT2D eigenvalue weighted by Crippen LogP contribution is -2.04. The maximum absolute atomic E-state index is 5.83. The van der Waals surface area contributed by atoms with Crippen LogP contribution < -0.4 is 0 Å². The fraction of sp³-hybridized carbons (Fsp3) is 0.571. The number of benzene rings is 1. The first kappa shape index (κ1) is 12.6. The first-order valence-corrected chi connectivity index (χ1v) is 6.15. The summed E-state index contributed by atoms with van der Waals surface area (Å²) in [5, 5.41) is 0. The molecule has 0 heterocycles. The van der Waals surface area contributed by atoms with E-state index in [2.05, 4.69) is 40.7 Å². The van der Waals surface area contributed by atoms with E-state index in [-0.39, 0.29) is 0 Å². The fourth-order valence-electron chi connectivity index (χ4n) is 2.29. The van der Waals surface area contributed by atoms with E-state index < -0.39 is 0 Å². The monoisotopic (exact) mass is 224 g/mol. The van der Waals surface area contributed by atoms with Crippen molar-refractivity contribution in [3.05, 3.63) is 33.9 Å². The number of aryl methyl sites for hydroxylation is 2. The van der Waals surface area contributed by atoms with Gasteiger partial charge in [0.25, 0.3) is 0 Å². The molecule has 0 aliphatic rings. The smallest absolute Gasteiger partial charge is 0.0229 e. The number of hydrogen-bond donors (Lipinski definition) is 0. The van der Waals surface area contributed by atoms with E-state index in [1.807, 2.05) is 0 Å². The molecular formula is C14H21Cl. The standard InChI is InChI=1S/C14H21Cl/c1-9(6-7-15)14-12(4)10(2)8-11(3)13(14)5/h8-9H,6-7H2,1-5H3. The van der Waals surface area contributed by atoms with Gasteiger partial charge in [0.05, 0.1) is 0 Å². The molecule has 0 aromatic heterocycles. The van der Waals surface area contributed by atoms with Gasteiger partial charge in [-0.25, -0.2) is 0 Å². The van der Waals surface area contributed by atoms with E-state index in [1.54, 1.807) is 0 Å². The van der Waals surface area contributed by atoms with E-state index in [0.29, 0.717) is 5.92 Å². The highest BCUT2D eigenvalue weighted by atomic mass is 35.5. The summed E-state index contributed by atoms with van der Waals surface area (Å²) in [6.45, 7) is 11.1. The van der Waals surface area contributed by atoms with Crippen LogP contribution in [-0.4, -0.2) is 5.88 Å². The molecule has 1 aromatic rings. The van der Waals surface area contributed by atoms with Crippen molar-refractivity contribution in [2.45, 2.75) is 47.0 Å². The lowest BCUT2D eigenvalue weighted by atomic mass is 9.86. The van der Waals surface area contributed by atoms with Gasteiger partial charge in [0.1, 0.15) is 0 Å². The molecule has 1 heteroatoms. The van der Waals surface area contributed by atoms with Gasteiger partial charge >= 0.3 is 0 Å². The molecule has 0 saturated heterocycles. The number of halogens is 1. The van der Waals surface area contributed by atoms with Crippen LogP contribution in [0, 0.1) is 27.7 Å². The molecule has 0 amide bonds. The summed E-state index contributed by atoms with van der Waals surface area (Å²) < 4.78 is 0. The summed E-state index contributed by atoms with van der Waals surface area (Å²) >= 11 is 5.83. The molecule has 15 heavy (non-hydrogen) atoms.